The number of benzene rings is 2. The van der Waals surface area contributed by atoms with Gasteiger partial charge in [-0.15, -0.1) is 0 Å². The Bertz CT molecular complexity index is 768. The van der Waals surface area contributed by atoms with Crippen molar-refractivity contribution in [1.82, 2.24) is 4.90 Å². The number of ketones is 1. The van der Waals surface area contributed by atoms with E-state index in [4.69, 9.17) is 0 Å². The molecule has 0 saturated carbocycles. The molecule has 0 bridgehead atoms. The number of allylic oxidation sites excluding steroid dienone is 1. The molecule has 2 aromatic carbocycles. The summed E-state index contributed by atoms with van der Waals surface area (Å²) < 4.78 is 0. The van der Waals surface area contributed by atoms with Crippen LogP contribution >= 0.6 is 11.8 Å². The van der Waals surface area contributed by atoms with Crippen molar-refractivity contribution in [3.63, 3.8) is 0 Å². The highest BCUT2D eigenvalue weighted by molar-refractivity contribution is 8.04. The molecule has 0 aromatic heterocycles. The fourth-order valence-corrected chi connectivity index (χ4v) is 3.49. The lowest BCUT2D eigenvalue weighted by Crippen LogP contribution is -2.25. The normalized spacial score (nSPS) is 14.8. The van der Waals surface area contributed by atoms with Crippen molar-refractivity contribution in [3.05, 3.63) is 76.8 Å². The van der Waals surface area contributed by atoms with Crippen LogP contribution in [0.25, 0.3) is 0 Å². The molecule has 1 aliphatic heterocycles. The van der Waals surface area contributed by atoms with Crippen molar-refractivity contribution in [1.29, 1.82) is 0 Å². The average Bonchev–Trinajstić information content (AvgIpc) is 2.91. The zero-order chi connectivity index (χ0) is 16.2. The molecule has 0 fully saturated rings. The van der Waals surface area contributed by atoms with E-state index in [1.165, 1.54) is 11.8 Å². The second kappa shape index (κ2) is 6.84. The predicted octanol–water partition coefficient (Wildman–Crippen LogP) is 4.26. The van der Waals surface area contributed by atoms with Gasteiger partial charge in [-0.3, -0.25) is 9.59 Å². The Kier molecular flexibility index (Phi) is 4.63. The number of hydrogen-bond donors (Lipinski definition) is 0. The lowest BCUT2D eigenvalue weighted by atomic mass is 10.1. The first-order valence-corrected chi connectivity index (χ1v) is 8.37. The monoisotopic (exact) mass is 323 g/mol. The second-order valence-electron chi connectivity index (χ2n) is 5.28. The predicted molar refractivity (Wildman–Crippen MR) is 92.0 cm³/mol. The van der Waals surface area contributed by atoms with Crippen LogP contribution in [0.2, 0.25) is 0 Å². The maximum Gasteiger partial charge on any atom is 0.226 e. The van der Waals surface area contributed by atoms with Crippen LogP contribution in [0.3, 0.4) is 0 Å². The van der Waals surface area contributed by atoms with Crippen molar-refractivity contribution >= 4 is 23.5 Å². The summed E-state index contributed by atoms with van der Waals surface area (Å²) in [6, 6.07) is 17.3. The number of hydrogen-bond acceptors (Lipinski definition) is 3. The minimum absolute atomic E-state index is 0.00529. The van der Waals surface area contributed by atoms with Crippen LogP contribution in [0.4, 0.5) is 0 Å². The van der Waals surface area contributed by atoms with Crippen LogP contribution < -0.4 is 0 Å². The Balaban J connectivity index is 1.87. The number of fused-ring (bicyclic) bond motifs is 1. The molecule has 0 N–H and O–H groups in total. The molecule has 0 saturated heterocycles. The van der Waals surface area contributed by atoms with E-state index >= 15 is 0 Å². The molecular formula is C19H17NO2S. The van der Waals surface area contributed by atoms with Crippen LogP contribution in [-0.2, 0) is 11.3 Å². The summed E-state index contributed by atoms with van der Waals surface area (Å²) in [6.45, 7) is 2.30. The SMILES string of the molecule is CCC(=O)N(/C=C1/Sc2ccccc2C1=O)Cc1ccccc1. The number of carbonyl (C=O) groups excluding carboxylic acids is 2. The van der Waals surface area contributed by atoms with Crippen molar-refractivity contribution in [3.8, 4) is 0 Å². The van der Waals surface area contributed by atoms with Gasteiger partial charge >= 0.3 is 0 Å². The second-order valence-corrected chi connectivity index (χ2v) is 6.37. The maximum absolute atomic E-state index is 12.5. The van der Waals surface area contributed by atoms with E-state index in [0.717, 1.165) is 10.5 Å². The zero-order valence-corrected chi connectivity index (χ0v) is 13.7. The molecule has 2 aromatic rings. The van der Waals surface area contributed by atoms with E-state index < -0.39 is 0 Å². The summed E-state index contributed by atoms with van der Waals surface area (Å²) in [5.41, 5.74) is 1.76. The summed E-state index contributed by atoms with van der Waals surface area (Å²) in [6.07, 6.45) is 2.11. The Morgan fingerprint density at radius 1 is 1.09 bits per heavy atom. The lowest BCUT2D eigenvalue weighted by Gasteiger charge is -2.18. The number of rotatable bonds is 4. The van der Waals surface area contributed by atoms with Gasteiger partial charge in [-0.25, -0.2) is 0 Å². The van der Waals surface area contributed by atoms with Gasteiger partial charge in [-0.2, -0.15) is 0 Å². The van der Waals surface area contributed by atoms with Gasteiger partial charge in [0.25, 0.3) is 0 Å². The Morgan fingerprint density at radius 3 is 2.48 bits per heavy atom. The topological polar surface area (TPSA) is 37.4 Å². The summed E-state index contributed by atoms with van der Waals surface area (Å²) >= 11 is 1.43. The third-order valence-electron chi connectivity index (χ3n) is 3.67. The van der Waals surface area contributed by atoms with E-state index in [9.17, 15) is 9.59 Å². The Hall–Kier alpha value is -2.33. The van der Waals surface area contributed by atoms with Crippen LogP contribution in [-0.4, -0.2) is 16.6 Å². The van der Waals surface area contributed by atoms with Crippen molar-refractivity contribution in [2.45, 2.75) is 24.8 Å². The van der Waals surface area contributed by atoms with E-state index in [0.29, 0.717) is 23.4 Å². The van der Waals surface area contributed by atoms with E-state index in [2.05, 4.69) is 0 Å². The minimum Gasteiger partial charge on any atom is -0.313 e. The number of carbonyl (C=O) groups is 2. The van der Waals surface area contributed by atoms with E-state index in [1.54, 1.807) is 11.1 Å². The van der Waals surface area contributed by atoms with Gasteiger partial charge in [-0.1, -0.05) is 61.2 Å². The molecule has 0 spiro atoms. The molecule has 3 nitrogen and oxygen atoms in total. The molecule has 0 unspecified atom stereocenters. The Morgan fingerprint density at radius 2 is 1.78 bits per heavy atom. The molecule has 0 atom stereocenters. The maximum atomic E-state index is 12.5. The number of Topliss-reactive ketones (excluding diaryl/α,β-unsaturated/α-hetero) is 1. The van der Waals surface area contributed by atoms with Gasteiger partial charge in [0.1, 0.15) is 0 Å². The lowest BCUT2D eigenvalue weighted by molar-refractivity contribution is -0.128. The van der Waals surface area contributed by atoms with Gasteiger partial charge in [-0.05, 0) is 17.7 Å². The highest BCUT2D eigenvalue weighted by Crippen LogP contribution is 2.39. The van der Waals surface area contributed by atoms with Gasteiger partial charge in [0.05, 0.1) is 11.4 Å². The quantitative estimate of drug-likeness (QED) is 0.789. The van der Waals surface area contributed by atoms with Gasteiger partial charge in [0.2, 0.25) is 11.7 Å². The van der Waals surface area contributed by atoms with Crippen LogP contribution in [0.1, 0.15) is 29.3 Å². The molecule has 116 valence electrons. The van der Waals surface area contributed by atoms with Gasteiger partial charge in [0.15, 0.2) is 0 Å². The molecule has 3 rings (SSSR count). The fourth-order valence-electron chi connectivity index (χ4n) is 2.46. The summed E-state index contributed by atoms with van der Waals surface area (Å²) in [4.78, 5) is 27.9. The van der Waals surface area contributed by atoms with Crippen LogP contribution in [0.15, 0.2) is 70.6 Å². The molecule has 4 heteroatoms. The third kappa shape index (κ3) is 3.37. The van der Waals surface area contributed by atoms with Gasteiger partial charge < -0.3 is 4.90 Å². The van der Waals surface area contributed by atoms with E-state index in [-0.39, 0.29) is 11.7 Å². The van der Waals surface area contributed by atoms with E-state index in [1.807, 2.05) is 61.5 Å². The summed E-state index contributed by atoms with van der Waals surface area (Å²) in [5, 5.41) is 0. The molecular weight excluding hydrogens is 306 g/mol. The summed E-state index contributed by atoms with van der Waals surface area (Å²) in [5.74, 6) is -0.00160. The standard InChI is InChI=1S/C19H17NO2S/c1-2-18(21)20(12-14-8-4-3-5-9-14)13-17-19(22)15-10-6-7-11-16(15)23-17/h3-11,13H,2,12H2,1H3/b17-13+. The highest BCUT2D eigenvalue weighted by atomic mass is 32.2. The average molecular weight is 323 g/mol. The van der Waals surface area contributed by atoms with Crippen LogP contribution in [0, 0.1) is 0 Å². The van der Waals surface area contributed by atoms with Crippen LogP contribution in [0.5, 0.6) is 0 Å². The summed E-state index contributed by atoms with van der Waals surface area (Å²) in [7, 11) is 0. The largest absolute Gasteiger partial charge is 0.313 e. The molecule has 1 amide bonds. The molecule has 1 heterocycles. The van der Waals surface area contributed by atoms with Gasteiger partial charge in [0, 0.05) is 23.1 Å². The Labute approximate surface area is 140 Å². The van der Waals surface area contributed by atoms with Crippen molar-refractivity contribution in [2.75, 3.05) is 0 Å². The zero-order valence-electron chi connectivity index (χ0n) is 12.9. The first-order chi connectivity index (χ1) is 11.2. The first-order valence-electron chi connectivity index (χ1n) is 7.56. The number of nitrogens with zero attached hydrogens (tertiary/aromatic N) is 1. The molecule has 23 heavy (non-hydrogen) atoms. The first kappa shape index (κ1) is 15.6. The molecule has 1 aliphatic rings. The molecule has 0 aliphatic carbocycles. The third-order valence-corrected chi connectivity index (χ3v) is 4.75. The van der Waals surface area contributed by atoms with Crippen molar-refractivity contribution in [2.24, 2.45) is 0 Å². The minimum atomic E-state index is -0.00688. The fraction of sp³-hybridized carbons (Fsp3) is 0.158. The molecule has 0 radical (unpaired) electrons. The number of thioether (sulfide) groups is 1. The number of amides is 1. The highest BCUT2D eigenvalue weighted by Gasteiger charge is 2.26. The smallest absolute Gasteiger partial charge is 0.226 e. The van der Waals surface area contributed by atoms with Crippen molar-refractivity contribution < 1.29 is 9.59 Å².